The van der Waals surface area contributed by atoms with Crippen LogP contribution in [0.5, 0.6) is 0 Å². The minimum absolute atomic E-state index is 0.371. The highest BCUT2D eigenvalue weighted by Crippen LogP contribution is 2.09. The smallest absolute Gasteiger partial charge is 0.220 e. The van der Waals surface area contributed by atoms with Gasteiger partial charge in [0.05, 0.1) is 11.5 Å². The van der Waals surface area contributed by atoms with Gasteiger partial charge in [-0.25, -0.2) is 0 Å². The summed E-state index contributed by atoms with van der Waals surface area (Å²) in [6.07, 6.45) is 3.43. The Morgan fingerprint density at radius 2 is 1.54 bits per heavy atom. The van der Waals surface area contributed by atoms with Crippen LogP contribution in [-0.4, -0.2) is 41.2 Å². The summed E-state index contributed by atoms with van der Waals surface area (Å²) in [6, 6.07) is 0. The third-order valence-electron chi connectivity index (χ3n) is 2.20. The first-order chi connectivity index (χ1) is 6.17. The van der Waals surface area contributed by atoms with E-state index in [0.717, 1.165) is 25.7 Å². The zero-order valence-corrected chi connectivity index (χ0v) is 12.0. The lowest BCUT2D eigenvalue weighted by molar-refractivity contribution is 0.172. The van der Waals surface area contributed by atoms with Crippen molar-refractivity contribution in [1.82, 2.24) is 0 Å². The van der Waals surface area contributed by atoms with Crippen molar-refractivity contribution < 1.29 is 14.3 Å². The van der Waals surface area contributed by atoms with Crippen LogP contribution in [0.1, 0.15) is 39.5 Å². The van der Waals surface area contributed by atoms with Crippen LogP contribution in [0.4, 0.5) is 0 Å². The molecular weight excluding hydrogens is 200 g/mol. The van der Waals surface area contributed by atoms with Crippen molar-refractivity contribution >= 4 is 19.5 Å². The quantitative estimate of drug-likeness (QED) is 0.566. The Bertz CT molecular complexity index is 112. The third-order valence-corrected chi connectivity index (χ3v) is 6.56. The summed E-state index contributed by atoms with van der Waals surface area (Å²) in [5.41, 5.74) is -0.743. The second kappa shape index (κ2) is 7.69. The molecular formula is C8H22O3Si2. The summed E-state index contributed by atoms with van der Waals surface area (Å²) >= 11 is 0. The number of aliphatic hydroxyl groups is 2. The minimum atomic E-state index is -1.76. The highest BCUT2D eigenvalue weighted by atomic mass is 28.3. The Hall–Kier alpha value is 0.314. The summed E-state index contributed by atoms with van der Waals surface area (Å²) < 4.78 is 5.36. The Morgan fingerprint density at radius 1 is 1.15 bits per heavy atom. The monoisotopic (exact) mass is 222 g/mol. The molecule has 0 amide bonds. The fourth-order valence-electron chi connectivity index (χ4n) is 1.49. The topological polar surface area (TPSA) is 49.7 Å². The normalized spacial score (nSPS) is 18.5. The third kappa shape index (κ3) is 4.92. The standard InChI is InChI=1S/C8H22O3Si2/c1-3-5-7(9)13(11-12)8(10)6-4-2/h7-10,13H,3-6H2,1-2,12H3. The molecule has 0 aromatic carbocycles. The fourth-order valence-corrected chi connectivity index (χ4v) is 5.84. The summed E-state index contributed by atoms with van der Waals surface area (Å²) in [5.74, 6) is 0. The van der Waals surface area contributed by atoms with Gasteiger partial charge in [0.15, 0.2) is 0 Å². The van der Waals surface area contributed by atoms with Gasteiger partial charge >= 0.3 is 0 Å². The summed E-state index contributed by atoms with van der Waals surface area (Å²) in [6.45, 7) is 4.07. The lowest BCUT2D eigenvalue weighted by atomic mass is 10.3. The van der Waals surface area contributed by atoms with Crippen molar-refractivity contribution in [2.75, 3.05) is 0 Å². The van der Waals surface area contributed by atoms with E-state index in [2.05, 4.69) is 0 Å². The van der Waals surface area contributed by atoms with E-state index in [1.165, 1.54) is 0 Å². The van der Waals surface area contributed by atoms with E-state index in [4.69, 9.17) is 4.12 Å². The van der Waals surface area contributed by atoms with Crippen LogP contribution in [0.15, 0.2) is 0 Å². The van der Waals surface area contributed by atoms with Gasteiger partial charge in [-0.3, -0.25) is 0 Å². The van der Waals surface area contributed by atoms with Crippen molar-refractivity contribution in [1.29, 1.82) is 0 Å². The summed E-state index contributed by atoms with van der Waals surface area (Å²) in [4.78, 5) is 0. The van der Waals surface area contributed by atoms with Crippen molar-refractivity contribution in [3.63, 3.8) is 0 Å². The molecule has 0 saturated carbocycles. The van der Waals surface area contributed by atoms with E-state index in [-0.39, 0.29) is 11.5 Å². The molecule has 3 nitrogen and oxygen atoms in total. The van der Waals surface area contributed by atoms with E-state index in [1.807, 2.05) is 13.8 Å². The molecule has 0 spiro atoms. The van der Waals surface area contributed by atoms with Crippen LogP contribution >= 0.6 is 0 Å². The average Bonchev–Trinajstić information content (AvgIpc) is 2.06. The molecule has 0 bridgehead atoms. The lowest BCUT2D eigenvalue weighted by Crippen LogP contribution is -2.44. The molecule has 5 heteroatoms. The van der Waals surface area contributed by atoms with Gasteiger partial charge in [0.2, 0.25) is 9.04 Å². The largest absolute Gasteiger partial charge is 0.463 e. The molecule has 0 rings (SSSR count). The molecule has 0 aliphatic heterocycles. The van der Waals surface area contributed by atoms with E-state index in [9.17, 15) is 10.2 Å². The van der Waals surface area contributed by atoms with Crippen LogP contribution in [-0.2, 0) is 4.12 Å². The van der Waals surface area contributed by atoms with E-state index in [1.54, 1.807) is 0 Å². The van der Waals surface area contributed by atoms with Crippen molar-refractivity contribution in [3.8, 4) is 0 Å². The van der Waals surface area contributed by atoms with Gasteiger partial charge in [-0.15, -0.1) is 0 Å². The minimum Gasteiger partial charge on any atom is -0.463 e. The highest BCUT2D eigenvalue weighted by Gasteiger charge is 2.27. The van der Waals surface area contributed by atoms with Gasteiger partial charge < -0.3 is 14.3 Å². The van der Waals surface area contributed by atoms with E-state index < -0.39 is 9.04 Å². The summed E-state index contributed by atoms with van der Waals surface area (Å²) in [5, 5.41) is 19.4. The van der Waals surface area contributed by atoms with Crippen molar-refractivity contribution in [2.24, 2.45) is 0 Å². The Labute approximate surface area is 85.4 Å². The molecule has 0 fully saturated rings. The van der Waals surface area contributed by atoms with Gasteiger partial charge in [0, 0.05) is 0 Å². The SMILES string of the molecule is CCCC(O)[SiH](O[SiH3])C(O)CCC. The van der Waals surface area contributed by atoms with Crippen molar-refractivity contribution in [3.05, 3.63) is 0 Å². The number of hydrogen-bond donors (Lipinski definition) is 2. The molecule has 2 unspecified atom stereocenters. The predicted molar refractivity (Wildman–Crippen MR) is 60.0 cm³/mol. The summed E-state index contributed by atoms with van der Waals surface area (Å²) in [7, 11) is -1.14. The van der Waals surface area contributed by atoms with Gasteiger partial charge in [0.25, 0.3) is 0 Å². The lowest BCUT2D eigenvalue weighted by Gasteiger charge is -2.24. The van der Waals surface area contributed by atoms with Gasteiger partial charge in [-0.05, 0) is 12.8 Å². The molecule has 80 valence electrons. The van der Waals surface area contributed by atoms with E-state index >= 15 is 0 Å². The predicted octanol–water partition coefficient (Wildman–Crippen LogP) is -0.592. The maximum absolute atomic E-state index is 9.70. The zero-order valence-electron chi connectivity index (χ0n) is 8.86. The molecule has 2 atom stereocenters. The Balaban J connectivity index is 3.98. The molecule has 13 heavy (non-hydrogen) atoms. The number of hydrogen-bond acceptors (Lipinski definition) is 3. The fraction of sp³-hybridized carbons (Fsp3) is 1.00. The van der Waals surface area contributed by atoms with E-state index in [0.29, 0.717) is 10.5 Å². The molecule has 0 saturated heterocycles. The maximum Gasteiger partial charge on any atom is 0.220 e. The zero-order chi connectivity index (χ0) is 10.3. The number of aliphatic hydroxyl groups excluding tert-OH is 2. The first kappa shape index (κ1) is 13.3. The molecule has 0 aromatic rings. The maximum atomic E-state index is 9.70. The van der Waals surface area contributed by atoms with Gasteiger partial charge in [-0.2, -0.15) is 0 Å². The molecule has 0 heterocycles. The van der Waals surface area contributed by atoms with Gasteiger partial charge in [-0.1, -0.05) is 26.7 Å². The van der Waals surface area contributed by atoms with Crippen LogP contribution in [0, 0.1) is 0 Å². The molecule has 2 N–H and O–H groups in total. The van der Waals surface area contributed by atoms with Crippen molar-refractivity contribution in [2.45, 2.75) is 51.0 Å². The highest BCUT2D eigenvalue weighted by molar-refractivity contribution is 6.58. The van der Waals surface area contributed by atoms with Crippen LogP contribution < -0.4 is 0 Å². The van der Waals surface area contributed by atoms with Crippen LogP contribution in [0.2, 0.25) is 0 Å². The van der Waals surface area contributed by atoms with Crippen LogP contribution in [0.3, 0.4) is 0 Å². The molecule has 0 radical (unpaired) electrons. The number of rotatable bonds is 7. The first-order valence-electron chi connectivity index (χ1n) is 5.06. The molecule has 0 aliphatic rings. The average molecular weight is 222 g/mol. The Morgan fingerprint density at radius 3 is 1.77 bits per heavy atom. The first-order valence-corrected chi connectivity index (χ1v) is 7.68. The molecule has 0 aromatic heterocycles. The van der Waals surface area contributed by atoms with Gasteiger partial charge in [0.1, 0.15) is 10.5 Å². The molecule has 0 aliphatic carbocycles. The van der Waals surface area contributed by atoms with Crippen LogP contribution in [0.25, 0.3) is 0 Å². The Kier molecular flexibility index (Phi) is 7.88. The second-order valence-electron chi connectivity index (χ2n) is 3.41. The second-order valence-corrected chi connectivity index (χ2v) is 7.77.